The van der Waals surface area contributed by atoms with Crippen LogP contribution in [0.3, 0.4) is 0 Å². The molecule has 1 aromatic carbocycles. The van der Waals surface area contributed by atoms with Crippen molar-refractivity contribution in [3.05, 3.63) is 29.3 Å². The number of benzene rings is 1. The van der Waals surface area contributed by atoms with Crippen LogP contribution >= 0.6 is 12.4 Å². The zero-order chi connectivity index (χ0) is 14.7. The summed E-state index contributed by atoms with van der Waals surface area (Å²) in [5, 5.41) is 3.53. The number of nitrogens with one attached hydrogen (secondary N) is 1. The van der Waals surface area contributed by atoms with Crippen molar-refractivity contribution in [1.29, 1.82) is 0 Å². The summed E-state index contributed by atoms with van der Waals surface area (Å²) in [6.07, 6.45) is 6.48. The fourth-order valence-corrected chi connectivity index (χ4v) is 3.96. The lowest BCUT2D eigenvalue weighted by atomic mass is 9.86. The number of hydrogen-bond donors (Lipinski definition) is 1. The van der Waals surface area contributed by atoms with Gasteiger partial charge in [-0.1, -0.05) is 6.07 Å². The fourth-order valence-electron chi connectivity index (χ4n) is 3.96. The Morgan fingerprint density at radius 2 is 2.14 bits per heavy atom. The lowest BCUT2D eigenvalue weighted by molar-refractivity contribution is 0.174. The molecule has 4 heteroatoms. The molecular formula is C18H29ClN2O. The highest BCUT2D eigenvalue weighted by molar-refractivity contribution is 5.85. The van der Waals surface area contributed by atoms with Crippen molar-refractivity contribution in [2.24, 2.45) is 5.92 Å². The van der Waals surface area contributed by atoms with Gasteiger partial charge in [0.15, 0.2) is 0 Å². The Labute approximate surface area is 140 Å². The standard InChI is InChI=1S/C18H28N2O.ClH/c1-20(13-14-5-4-10-19-12-14)18-7-3-6-15-11-16(21-2)8-9-17(15)18;/h8-9,11,14,18-19H,3-7,10,12-13H2,1-2H3;1H. The smallest absolute Gasteiger partial charge is 0.119 e. The second-order valence-electron chi connectivity index (χ2n) is 6.62. The van der Waals surface area contributed by atoms with Gasteiger partial charge in [-0.3, -0.25) is 4.90 Å². The molecule has 1 aromatic rings. The summed E-state index contributed by atoms with van der Waals surface area (Å²) >= 11 is 0. The molecule has 0 spiro atoms. The van der Waals surface area contributed by atoms with E-state index in [1.807, 2.05) is 0 Å². The number of nitrogens with zero attached hydrogens (tertiary/aromatic N) is 1. The summed E-state index contributed by atoms with van der Waals surface area (Å²) in [7, 11) is 4.06. The topological polar surface area (TPSA) is 24.5 Å². The maximum atomic E-state index is 5.38. The van der Waals surface area contributed by atoms with E-state index in [-0.39, 0.29) is 12.4 Å². The largest absolute Gasteiger partial charge is 0.497 e. The third kappa shape index (κ3) is 3.95. The average Bonchev–Trinajstić information content (AvgIpc) is 2.54. The maximum Gasteiger partial charge on any atom is 0.119 e. The second-order valence-corrected chi connectivity index (χ2v) is 6.62. The van der Waals surface area contributed by atoms with Crippen molar-refractivity contribution in [1.82, 2.24) is 10.2 Å². The Bertz CT molecular complexity index is 474. The highest BCUT2D eigenvalue weighted by Gasteiger charge is 2.26. The first kappa shape index (κ1) is 17.6. The van der Waals surface area contributed by atoms with Gasteiger partial charge in [-0.15, -0.1) is 12.4 Å². The van der Waals surface area contributed by atoms with Gasteiger partial charge < -0.3 is 10.1 Å². The van der Waals surface area contributed by atoms with Crippen LogP contribution in [-0.4, -0.2) is 38.7 Å². The first-order valence-electron chi connectivity index (χ1n) is 8.35. The van der Waals surface area contributed by atoms with Crippen LogP contribution in [0, 0.1) is 5.92 Å². The van der Waals surface area contributed by atoms with Crippen molar-refractivity contribution in [2.45, 2.75) is 38.1 Å². The van der Waals surface area contributed by atoms with E-state index in [9.17, 15) is 0 Å². The first-order chi connectivity index (χ1) is 10.3. The van der Waals surface area contributed by atoms with Crippen molar-refractivity contribution >= 4 is 12.4 Å². The van der Waals surface area contributed by atoms with E-state index >= 15 is 0 Å². The van der Waals surface area contributed by atoms with Crippen molar-refractivity contribution in [2.75, 3.05) is 33.8 Å². The molecule has 1 fully saturated rings. The van der Waals surface area contributed by atoms with Crippen LogP contribution in [0.2, 0.25) is 0 Å². The predicted octanol–water partition coefficient (Wildman–Crippen LogP) is 3.43. The number of ether oxygens (including phenoxy) is 1. The molecule has 3 nitrogen and oxygen atoms in total. The Hall–Kier alpha value is -0.770. The van der Waals surface area contributed by atoms with Crippen molar-refractivity contribution in [3.8, 4) is 5.75 Å². The van der Waals surface area contributed by atoms with Gasteiger partial charge in [-0.05, 0) is 81.4 Å². The Balaban J connectivity index is 0.00000176. The number of methoxy groups -OCH3 is 1. The van der Waals surface area contributed by atoms with Gasteiger partial charge in [-0.2, -0.15) is 0 Å². The van der Waals surface area contributed by atoms with Gasteiger partial charge in [0, 0.05) is 12.6 Å². The van der Waals surface area contributed by atoms with Gasteiger partial charge in [0.1, 0.15) is 5.75 Å². The van der Waals surface area contributed by atoms with Crippen LogP contribution in [0.15, 0.2) is 18.2 Å². The summed E-state index contributed by atoms with van der Waals surface area (Å²) in [4.78, 5) is 2.59. The summed E-state index contributed by atoms with van der Waals surface area (Å²) < 4.78 is 5.38. The Kier molecular flexibility index (Phi) is 6.54. The van der Waals surface area contributed by atoms with Gasteiger partial charge in [0.25, 0.3) is 0 Å². The maximum absolute atomic E-state index is 5.38. The van der Waals surface area contributed by atoms with E-state index in [1.54, 1.807) is 7.11 Å². The quantitative estimate of drug-likeness (QED) is 0.918. The Morgan fingerprint density at radius 3 is 2.86 bits per heavy atom. The minimum atomic E-state index is 0. The molecule has 0 bridgehead atoms. The number of fused-ring (bicyclic) bond motifs is 1. The summed E-state index contributed by atoms with van der Waals surface area (Å²) in [6, 6.07) is 7.22. The normalized spacial score (nSPS) is 24.5. The molecule has 1 saturated heterocycles. The van der Waals surface area contributed by atoms with Crippen LogP contribution in [0.1, 0.15) is 42.9 Å². The van der Waals surface area contributed by atoms with Gasteiger partial charge in [0.2, 0.25) is 0 Å². The monoisotopic (exact) mass is 324 g/mol. The molecule has 1 heterocycles. The summed E-state index contributed by atoms with van der Waals surface area (Å²) in [6.45, 7) is 3.60. The minimum Gasteiger partial charge on any atom is -0.497 e. The zero-order valence-electron chi connectivity index (χ0n) is 13.8. The van der Waals surface area contributed by atoms with E-state index in [1.165, 1.54) is 62.9 Å². The number of hydrogen-bond acceptors (Lipinski definition) is 3. The molecule has 1 N–H and O–H groups in total. The fraction of sp³-hybridized carbons (Fsp3) is 0.667. The molecule has 124 valence electrons. The van der Waals surface area contributed by atoms with Gasteiger partial charge in [0.05, 0.1) is 7.11 Å². The molecular weight excluding hydrogens is 296 g/mol. The summed E-state index contributed by atoms with van der Waals surface area (Å²) in [5.41, 5.74) is 3.01. The van der Waals surface area contributed by atoms with E-state index in [4.69, 9.17) is 4.74 Å². The molecule has 2 aliphatic rings. The van der Waals surface area contributed by atoms with E-state index < -0.39 is 0 Å². The molecule has 1 aliphatic heterocycles. The van der Waals surface area contributed by atoms with Crippen molar-refractivity contribution in [3.63, 3.8) is 0 Å². The Morgan fingerprint density at radius 1 is 1.27 bits per heavy atom. The predicted molar refractivity (Wildman–Crippen MR) is 94.1 cm³/mol. The SMILES string of the molecule is COc1ccc2c(c1)CCCC2N(C)CC1CCCNC1.Cl. The van der Waals surface area contributed by atoms with E-state index in [2.05, 4.69) is 35.5 Å². The molecule has 0 radical (unpaired) electrons. The molecule has 3 rings (SSSR count). The third-order valence-electron chi connectivity index (χ3n) is 5.11. The highest BCUT2D eigenvalue weighted by Crippen LogP contribution is 2.36. The molecule has 0 aromatic heterocycles. The molecule has 0 saturated carbocycles. The van der Waals surface area contributed by atoms with Crippen LogP contribution < -0.4 is 10.1 Å². The third-order valence-corrected chi connectivity index (χ3v) is 5.11. The second kappa shape index (κ2) is 8.19. The van der Waals surface area contributed by atoms with E-state index in [0.717, 1.165) is 11.7 Å². The van der Waals surface area contributed by atoms with Gasteiger partial charge in [-0.25, -0.2) is 0 Å². The first-order valence-corrected chi connectivity index (χ1v) is 8.35. The molecule has 2 unspecified atom stereocenters. The van der Waals surface area contributed by atoms with Crippen LogP contribution in [0.25, 0.3) is 0 Å². The molecule has 0 amide bonds. The van der Waals surface area contributed by atoms with Crippen LogP contribution in [0.5, 0.6) is 5.75 Å². The van der Waals surface area contributed by atoms with Crippen LogP contribution in [-0.2, 0) is 6.42 Å². The number of piperidine rings is 1. The number of aryl methyl sites for hydroxylation is 1. The van der Waals surface area contributed by atoms with Crippen LogP contribution in [0.4, 0.5) is 0 Å². The van der Waals surface area contributed by atoms with E-state index in [0.29, 0.717) is 6.04 Å². The lowest BCUT2D eigenvalue weighted by Crippen LogP contribution is -2.38. The lowest BCUT2D eigenvalue weighted by Gasteiger charge is -2.36. The minimum absolute atomic E-state index is 0. The molecule has 2 atom stereocenters. The summed E-state index contributed by atoms with van der Waals surface area (Å²) in [5.74, 6) is 1.81. The number of halogens is 1. The van der Waals surface area contributed by atoms with Gasteiger partial charge >= 0.3 is 0 Å². The molecule has 22 heavy (non-hydrogen) atoms. The highest BCUT2D eigenvalue weighted by atomic mass is 35.5. The molecule has 1 aliphatic carbocycles. The zero-order valence-corrected chi connectivity index (χ0v) is 14.6. The number of rotatable bonds is 4. The van der Waals surface area contributed by atoms with Crippen molar-refractivity contribution < 1.29 is 4.74 Å². The average molecular weight is 325 g/mol.